The molecule has 0 radical (unpaired) electrons. The number of ether oxygens (including phenoxy) is 1. The van der Waals surface area contributed by atoms with Crippen LogP contribution in [-0.4, -0.2) is 35.0 Å². The maximum atomic E-state index is 11.1. The average Bonchev–Trinajstić information content (AvgIpc) is 3.56. The fourth-order valence-corrected chi connectivity index (χ4v) is 3.39. The first-order valence-corrected chi connectivity index (χ1v) is 11.2. The molecule has 0 saturated heterocycles. The predicted octanol–water partition coefficient (Wildman–Crippen LogP) is 5.07. The standard InChI is InChI=1S/C26H28N2O5/c1-18-24(27-26(33-18)21-5-3-2-4-6-21)13-14-31-23-11-9-19(10-12-23)15-22(16-25(29)30)28-32-17-20-7-8-20/h2-6,9-12,20H,7-8,13-17H2,1H3,(H,29,30)/b28-22-. The molecule has 1 aliphatic carbocycles. The lowest BCUT2D eigenvalue weighted by Gasteiger charge is -2.08. The second kappa shape index (κ2) is 10.8. The van der Waals surface area contributed by atoms with Crippen molar-refractivity contribution in [2.24, 2.45) is 11.1 Å². The SMILES string of the molecule is Cc1oc(-c2ccccc2)nc1CCOc1ccc(C/C(CC(=O)O)=N/OCC2CC2)cc1. The van der Waals surface area contributed by atoms with Gasteiger partial charge in [0.2, 0.25) is 5.89 Å². The smallest absolute Gasteiger partial charge is 0.309 e. The van der Waals surface area contributed by atoms with Crippen LogP contribution in [0.3, 0.4) is 0 Å². The Kier molecular flexibility index (Phi) is 7.40. The highest BCUT2D eigenvalue weighted by Gasteiger charge is 2.22. The minimum Gasteiger partial charge on any atom is -0.493 e. The molecule has 1 heterocycles. The van der Waals surface area contributed by atoms with Crippen molar-refractivity contribution < 1.29 is 23.9 Å². The number of rotatable bonds is 12. The first-order valence-electron chi connectivity index (χ1n) is 11.2. The fraction of sp³-hybridized carbons (Fsp3) is 0.346. The molecule has 2 aromatic carbocycles. The van der Waals surface area contributed by atoms with Crippen LogP contribution in [0.2, 0.25) is 0 Å². The summed E-state index contributed by atoms with van der Waals surface area (Å²) in [5, 5.41) is 13.2. The zero-order chi connectivity index (χ0) is 23.0. The quantitative estimate of drug-likeness (QED) is 0.307. The minimum absolute atomic E-state index is 0.134. The Morgan fingerprint density at radius 1 is 1.15 bits per heavy atom. The lowest BCUT2D eigenvalue weighted by Crippen LogP contribution is -2.11. The summed E-state index contributed by atoms with van der Waals surface area (Å²) in [6.07, 6.45) is 3.26. The zero-order valence-electron chi connectivity index (χ0n) is 18.7. The van der Waals surface area contributed by atoms with Gasteiger partial charge in [0.25, 0.3) is 0 Å². The highest BCUT2D eigenvalue weighted by molar-refractivity contribution is 5.99. The lowest BCUT2D eigenvalue weighted by molar-refractivity contribution is -0.135. The normalized spacial score (nSPS) is 13.7. The maximum absolute atomic E-state index is 11.1. The van der Waals surface area contributed by atoms with Crippen LogP contribution in [0.5, 0.6) is 5.75 Å². The van der Waals surface area contributed by atoms with Crippen LogP contribution in [0.4, 0.5) is 0 Å². The molecule has 1 saturated carbocycles. The highest BCUT2D eigenvalue weighted by Crippen LogP contribution is 2.29. The van der Waals surface area contributed by atoms with Crippen molar-refractivity contribution in [3.05, 3.63) is 71.6 Å². The summed E-state index contributed by atoms with van der Waals surface area (Å²) in [4.78, 5) is 21.1. The highest BCUT2D eigenvalue weighted by atomic mass is 16.6. The van der Waals surface area contributed by atoms with E-state index in [2.05, 4.69) is 10.1 Å². The van der Waals surface area contributed by atoms with E-state index in [-0.39, 0.29) is 6.42 Å². The number of carboxylic acids is 1. The van der Waals surface area contributed by atoms with Crippen LogP contribution in [0.1, 0.15) is 36.3 Å². The number of aryl methyl sites for hydroxylation is 1. The molecule has 1 fully saturated rings. The summed E-state index contributed by atoms with van der Waals surface area (Å²) in [6, 6.07) is 17.4. The third kappa shape index (κ3) is 6.94. The van der Waals surface area contributed by atoms with Gasteiger partial charge in [-0.05, 0) is 55.5 Å². The Morgan fingerprint density at radius 2 is 1.91 bits per heavy atom. The van der Waals surface area contributed by atoms with E-state index in [0.717, 1.165) is 41.2 Å². The molecule has 0 unspecified atom stereocenters. The molecule has 0 bridgehead atoms. The molecule has 0 atom stereocenters. The molecular formula is C26H28N2O5. The first kappa shape index (κ1) is 22.6. The summed E-state index contributed by atoms with van der Waals surface area (Å²) in [5.41, 5.74) is 3.29. The van der Waals surface area contributed by atoms with Gasteiger partial charge in [-0.1, -0.05) is 35.5 Å². The molecule has 7 nitrogen and oxygen atoms in total. The van der Waals surface area contributed by atoms with Crippen molar-refractivity contribution in [1.82, 2.24) is 4.98 Å². The molecule has 7 heteroatoms. The van der Waals surface area contributed by atoms with Gasteiger partial charge >= 0.3 is 5.97 Å². The van der Waals surface area contributed by atoms with Gasteiger partial charge in [0, 0.05) is 18.4 Å². The van der Waals surface area contributed by atoms with Crippen molar-refractivity contribution in [2.75, 3.05) is 13.2 Å². The lowest BCUT2D eigenvalue weighted by atomic mass is 10.1. The van der Waals surface area contributed by atoms with Gasteiger partial charge in [0.1, 0.15) is 18.1 Å². The van der Waals surface area contributed by atoms with E-state index >= 15 is 0 Å². The van der Waals surface area contributed by atoms with Crippen molar-refractivity contribution in [3.8, 4) is 17.2 Å². The summed E-state index contributed by atoms with van der Waals surface area (Å²) < 4.78 is 11.7. The van der Waals surface area contributed by atoms with Crippen LogP contribution >= 0.6 is 0 Å². The number of carbonyl (C=O) groups is 1. The Labute approximate surface area is 193 Å². The zero-order valence-corrected chi connectivity index (χ0v) is 18.7. The predicted molar refractivity (Wildman–Crippen MR) is 124 cm³/mol. The average molecular weight is 449 g/mol. The van der Waals surface area contributed by atoms with Crippen LogP contribution < -0.4 is 4.74 Å². The van der Waals surface area contributed by atoms with Gasteiger partial charge in [-0.3, -0.25) is 4.79 Å². The van der Waals surface area contributed by atoms with Gasteiger partial charge in [0.05, 0.1) is 24.4 Å². The molecule has 1 N–H and O–H groups in total. The molecule has 1 aliphatic rings. The van der Waals surface area contributed by atoms with E-state index < -0.39 is 5.97 Å². The molecule has 33 heavy (non-hydrogen) atoms. The Hall–Kier alpha value is -3.61. The minimum atomic E-state index is -0.915. The maximum Gasteiger partial charge on any atom is 0.309 e. The summed E-state index contributed by atoms with van der Waals surface area (Å²) in [6.45, 7) is 2.95. The van der Waals surface area contributed by atoms with Crippen LogP contribution in [0.25, 0.3) is 11.5 Å². The van der Waals surface area contributed by atoms with Crippen molar-refractivity contribution >= 4 is 11.7 Å². The number of aromatic nitrogens is 1. The van der Waals surface area contributed by atoms with Crippen LogP contribution in [0, 0.1) is 12.8 Å². The third-order valence-electron chi connectivity index (χ3n) is 5.41. The topological polar surface area (TPSA) is 94.2 Å². The summed E-state index contributed by atoms with van der Waals surface area (Å²) >= 11 is 0. The third-order valence-corrected chi connectivity index (χ3v) is 5.41. The number of aliphatic carboxylic acids is 1. The molecular weight excluding hydrogens is 420 g/mol. The van der Waals surface area contributed by atoms with Crippen molar-refractivity contribution in [3.63, 3.8) is 0 Å². The van der Waals surface area contributed by atoms with Gasteiger partial charge in [-0.25, -0.2) is 4.98 Å². The molecule has 0 aliphatic heterocycles. The number of oxime groups is 1. The summed E-state index contributed by atoms with van der Waals surface area (Å²) in [5.74, 6) is 1.81. The molecule has 172 valence electrons. The number of hydrogen-bond acceptors (Lipinski definition) is 6. The molecule has 4 rings (SSSR count). The summed E-state index contributed by atoms with van der Waals surface area (Å²) in [7, 11) is 0. The monoisotopic (exact) mass is 448 g/mol. The Bertz CT molecular complexity index is 1090. The number of nitrogens with zero attached hydrogens (tertiary/aromatic N) is 2. The van der Waals surface area contributed by atoms with E-state index in [4.69, 9.17) is 19.1 Å². The number of oxazole rings is 1. The molecule has 3 aromatic rings. The fourth-order valence-electron chi connectivity index (χ4n) is 3.39. The van der Waals surface area contributed by atoms with Gasteiger partial charge < -0.3 is 19.1 Å². The van der Waals surface area contributed by atoms with E-state index in [9.17, 15) is 4.79 Å². The Balaban J connectivity index is 1.28. The van der Waals surface area contributed by atoms with Gasteiger partial charge in [-0.2, -0.15) is 0 Å². The van der Waals surface area contributed by atoms with E-state index in [1.165, 1.54) is 0 Å². The number of carboxylic acid groups (broad SMARTS) is 1. The second-order valence-electron chi connectivity index (χ2n) is 8.27. The van der Waals surface area contributed by atoms with E-state index in [0.29, 0.717) is 43.6 Å². The van der Waals surface area contributed by atoms with Gasteiger partial charge in [0.15, 0.2) is 0 Å². The Morgan fingerprint density at radius 3 is 2.61 bits per heavy atom. The van der Waals surface area contributed by atoms with E-state index in [1.54, 1.807) is 0 Å². The first-order chi connectivity index (χ1) is 16.1. The number of hydrogen-bond donors (Lipinski definition) is 1. The number of benzene rings is 2. The second-order valence-corrected chi connectivity index (χ2v) is 8.27. The largest absolute Gasteiger partial charge is 0.493 e. The van der Waals surface area contributed by atoms with Crippen molar-refractivity contribution in [2.45, 2.75) is 39.0 Å². The van der Waals surface area contributed by atoms with Crippen molar-refractivity contribution in [1.29, 1.82) is 0 Å². The molecule has 0 spiro atoms. The van der Waals surface area contributed by atoms with Crippen LogP contribution in [-0.2, 0) is 22.5 Å². The van der Waals surface area contributed by atoms with Gasteiger partial charge in [-0.15, -0.1) is 0 Å². The molecule has 1 aromatic heterocycles. The molecule has 0 amide bonds. The van der Waals surface area contributed by atoms with Crippen LogP contribution in [0.15, 0.2) is 64.2 Å². The van der Waals surface area contributed by atoms with E-state index in [1.807, 2.05) is 61.5 Å².